The van der Waals surface area contributed by atoms with E-state index in [2.05, 4.69) is 141 Å². The molecule has 0 saturated heterocycles. The minimum absolute atomic E-state index is 0.136. The lowest BCUT2D eigenvalue weighted by Gasteiger charge is -2.25. The molecule has 8 aromatic rings. The molecule has 41 heavy (non-hydrogen) atoms. The Labute approximate surface area is 239 Å². The fourth-order valence-electron chi connectivity index (χ4n) is 7.49. The Morgan fingerprint density at radius 2 is 1.15 bits per heavy atom. The monoisotopic (exact) mass is 521 g/mol. The van der Waals surface area contributed by atoms with Crippen molar-refractivity contribution >= 4 is 43.2 Å². The van der Waals surface area contributed by atoms with Gasteiger partial charge in [0.2, 0.25) is 0 Å². The first-order valence-electron chi connectivity index (χ1n) is 14.4. The normalized spacial score (nSPS) is 13.8. The number of hydrogen-bond donors (Lipinski definition) is 0. The third kappa shape index (κ3) is 3.04. The van der Waals surface area contributed by atoms with E-state index in [1.54, 1.807) is 0 Å². The minimum atomic E-state index is -0.136. The Bertz CT molecular complexity index is 2310. The Morgan fingerprint density at radius 3 is 1.98 bits per heavy atom. The van der Waals surface area contributed by atoms with Gasteiger partial charge in [-0.3, -0.25) is 0 Å². The lowest BCUT2D eigenvalue weighted by molar-refractivity contribution is 0.662. The van der Waals surface area contributed by atoms with E-state index in [4.69, 9.17) is 4.98 Å². The molecule has 1 heteroatoms. The van der Waals surface area contributed by atoms with E-state index < -0.39 is 0 Å². The second-order valence-electron chi connectivity index (χ2n) is 11.9. The van der Waals surface area contributed by atoms with Crippen LogP contribution in [0.1, 0.15) is 25.0 Å². The standard InChI is InChI=1S/C40H27N/c1-40(2)33-12-5-3-10-31(33)39-38(40)37(32-11-4-6-13-34(32)41-39)28-16-14-24(15-17-28)29-22-20-27-19-18-25-8-7-9-26-21-23-30(29)36(27)35(25)26/h3-23H,1-2H3. The molecule has 0 fully saturated rings. The van der Waals surface area contributed by atoms with Crippen LogP contribution in [0.15, 0.2) is 127 Å². The molecular formula is C40H27N. The average Bonchev–Trinajstić information content (AvgIpc) is 3.25. The van der Waals surface area contributed by atoms with Crippen molar-refractivity contribution in [3.8, 4) is 33.5 Å². The molecule has 0 unspecified atom stereocenters. The maximum atomic E-state index is 5.22. The smallest absolute Gasteiger partial charge is 0.0759 e. The van der Waals surface area contributed by atoms with E-state index in [0.29, 0.717) is 0 Å². The van der Waals surface area contributed by atoms with Crippen LogP contribution in [-0.2, 0) is 5.41 Å². The lowest BCUT2D eigenvalue weighted by atomic mass is 9.78. The first kappa shape index (κ1) is 22.8. The highest BCUT2D eigenvalue weighted by Crippen LogP contribution is 2.53. The van der Waals surface area contributed by atoms with Gasteiger partial charge in [0.05, 0.1) is 11.2 Å². The fraction of sp³-hybridized carbons (Fsp3) is 0.0750. The van der Waals surface area contributed by atoms with Gasteiger partial charge in [0, 0.05) is 16.4 Å². The van der Waals surface area contributed by atoms with Gasteiger partial charge in [-0.25, -0.2) is 4.98 Å². The number of para-hydroxylation sites is 1. The zero-order valence-corrected chi connectivity index (χ0v) is 23.1. The molecule has 0 spiro atoms. The summed E-state index contributed by atoms with van der Waals surface area (Å²) in [5.41, 5.74) is 11.0. The maximum Gasteiger partial charge on any atom is 0.0759 e. The van der Waals surface area contributed by atoms with Gasteiger partial charge in [0.25, 0.3) is 0 Å². The van der Waals surface area contributed by atoms with Gasteiger partial charge in [0.15, 0.2) is 0 Å². The second kappa shape index (κ2) is 8.02. The predicted molar refractivity (Wildman–Crippen MR) is 174 cm³/mol. The van der Waals surface area contributed by atoms with Crippen molar-refractivity contribution in [1.82, 2.24) is 4.98 Å². The quantitative estimate of drug-likeness (QED) is 0.206. The van der Waals surface area contributed by atoms with Gasteiger partial charge in [-0.1, -0.05) is 135 Å². The lowest BCUT2D eigenvalue weighted by Crippen LogP contribution is -2.16. The van der Waals surface area contributed by atoms with Crippen LogP contribution in [-0.4, -0.2) is 4.98 Å². The summed E-state index contributed by atoms with van der Waals surface area (Å²) in [4.78, 5) is 5.22. The molecule has 9 rings (SSSR count). The summed E-state index contributed by atoms with van der Waals surface area (Å²) in [6.07, 6.45) is 0. The highest BCUT2D eigenvalue weighted by Gasteiger charge is 2.39. The van der Waals surface area contributed by atoms with Crippen LogP contribution < -0.4 is 0 Å². The summed E-state index contributed by atoms with van der Waals surface area (Å²) in [5, 5.41) is 9.14. The van der Waals surface area contributed by atoms with Crippen molar-refractivity contribution in [3.05, 3.63) is 139 Å². The van der Waals surface area contributed by atoms with Crippen LogP contribution in [0.5, 0.6) is 0 Å². The Balaban J connectivity index is 1.27. The third-order valence-electron chi connectivity index (χ3n) is 9.39. The summed E-state index contributed by atoms with van der Waals surface area (Å²) >= 11 is 0. The maximum absolute atomic E-state index is 5.22. The summed E-state index contributed by atoms with van der Waals surface area (Å²) in [7, 11) is 0. The number of hydrogen-bond acceptors (Lipinski definition) is 1. The van der Waals surface area contributed by atoms with Gasteiger partial charge < -0.3 is 0 Å². The number of pyridine rings is 1. The molecule has 0 N–H and O–H groups in total. The second-order valence-corrected chi connectivity index (χ2v) is 11.9. The number of benzene rings is 7. The molecule has 0 bridgehead atoms. The Hall–Kier alpha value is -5.01. The molecule has 0 radical (unpaired) electrons. The molecule has 0 amide bonds. The third-order valence-corrected chi connectivity index (χ3v) is 9.39. The van der Waals surface area contributed by atoms with E-state index >= 15 is 0 Å². The van der Waals surface area contributed by atoms with Crippen LogP contribution >= 0.6 is 0 Å². The molecular weight excluding hydrogens is 494 g/mol. The van der Waals surface area contributed by atoms with Crippen LogP contribution in [0.25, 0.3) is 76.7 Å². The molecule has 1 aliphatic carbocycles. The molecule has 1 nitrogen and oxygen atoms in total. The predicted octanol–water partition coefficient (Wildman–Crippen LogP) is 10.8. The molecule has 7 aromatic carbocycles. The van der Waals surface area contributed by atoms with E-state index in [-0.39, 0.29) is 5.41 Å². The zero-order valence-electron chi connectivity index (χ0n) is 23.1. The van der Waals surface area contributed by atoms with Gasteiger partial charge in [-0.15, -0.1) is 0 Å². The van der Waals surface area contributed by atoms with Crippen molar-refractivity contribution in [3.63, 3.8) is 0 Å². The summed E-state index contributed by atoms with van der Waals surface area (Å²) < 4.78 is 0. The van der Waals surface area contributed by atoms with Gasteiger partial charge in [0.1, 0.15) is 0 Å². The number of fused-ring (bicyclic) bond motifs is 4. The minimum Gasteiger partial charge on any atom is -0.247 e. The summed E-state index contributed by atoms with van der Waals surface area (Å²) in [5.74, 6) is 0. The summed E-state index contributed by atoms with van der Waals surface area (Å²) in [6.45, 7) is 4.69. The molecule has 1 aliphatic rings. The Kier molecular flexibility index (Phi) is 4.45. The topological polar surface area (TPSA) is 12.9 Å². The largest absolute Gasteiger partial charge is 0.247 e. The van der Waals surface area contributed by atoms with Gasteiger partial charge in [-0.05, 0) is 71.8 Å². The molecule has 1 aromatic heterocycles. The van der Waals surface area contributed by atoms with Gasteiger partial charge in [-0.2, -0.15) is 0 Å². The first-order valence-corrected chi connectivity index (χ1v) is 14.4. The van der Waals surface area contributed by atoms with Crippen LogP contribution in [0, 0.1) is 0 Å². The zero-order chi connectivity index (χ0) is 27.3. The summed E-state index contributed by atoms with van der Waals surface area (Å²) in [6, 6.07) is 46.8. The molecule has 1 heterocycles. The van der Waals surface area contributed by atoms with E-state index in [1.807, 2.05) is 0 Å². The van der Waals surface area contributed by atoms with Crippen LogP contribution in [0.4, 0.5) is 0 Å². The Morgan fingerprint density at radius 1 is 0.488 bits per heavy atom. The number of nitrogens with zero attached hydrogens (tertiary/aromatic N) is 1. The van der Waals surface area contributed by atoms with E-state index in [0.717, 1.165) is 11.2 Å². The molecule has 192 valence electrons. The highest BCUT2D eigenvalue weighted by molar-refractivity contribution is 6.25. The molecule has 0 aliphatic heterocycles. The van der Waals surface area contributed by atoms with Crippen molar-refractivity contribution in [2.24, 2.45) is 0 Å². The fourth-order valence-corrected chi connectivity index (χ4v) is 7.49. The average molecular weight is 522 g/mol. The van der Waals surface area contributed by atoms with Crippen molar-refractivity contribution < 1.29 is 0 Å². The number of rotatable bonds is 2. The van der Waals surface area contributed by atoms with E-state index in [1.165, 1.54) is 76.6 Å². The van der Waals surface area contributed by atoms with E-state index in [9.17, 15) is 0 Å². The van der Waals surface area contributed by atoms with Gasteiger partial charge >= 0.3 is 0 Å². The molecule has 0 saturated carbocycles. The van der Waals surface area contributed by atoms with Crippen LogP contribution in [0.3, 0.4) is 0 Å². The van der Waals surface area contributed by atoms with Crippen molar-refractivity contribution in [1.29, 1.82) is 0 Å². The van der Waals surface area contributed by atoms with Crippen molar-refractivity contribution in [2.75, 3.05) is 0 Å². The first-order chi connectivity index (χ1) is 20.1. The highest BCUT2D eigenvalue weighted by atomic mass is 14.7. The van der Waals surface area contributed by atoms with Crippen molar-refractivity contribution in [2.45, 2.75) is 19.3 Å². The molecule has 0 atom stereocenters. The van der Waals surface area contributed by atoms with Crippen LogP contribution in [0.2, 0.25) is 0 Å². The SMILES string of the molecule is CC1(C)c2ccccc2-c2nc3ccccc3c(-c3ccc(-c4ccc5ccc6cccc7ccc4c5c67)cc3)c21. The number of aromatic nitrogens is 1.